The van der Waals surface area contributed by atoms with Crippen molar-refractivity contribution in [2.45, 2.75) is 13.0 Å². The highest BCUT2D eigenvalue weighted by Gasteiger charge is 2.33. The summed E-state index contributed by atoms with van der Waals surface area (Å²) in [5.74, 6) is -0.991. The molecule has 2 rings (SSSR count). The summed E-state index contributed by atoms with van der Waals surface area (Å²) >= 11 is 5.59. The fraction of sp³-hybridized carbons (Fsp3) is 0.462. The lowest BCUT2D eigenvalue weighted by Gasteiger charge is -2.17. The van der Waals surface area contributed by atoms with Gasteiger partial charge in [0.25, 0.3) is 0 Å². The second-order valence-electron chi connectivity index (χ2n) is 4.43. The lowest BCUT2D eigenvalue weighted by Crippen LogP contribution is -2.41. The summed E-state index contributed by atoms with van der Waals surface area (Å²) in [6, 6.07) is 4.20. The fourth-order valence-corrected chi connectivity index (χ4v) is 2.20. The van der Waals surface area contributed by atoms with Gasteiger partial charge >= 0.3 is 0 Å². The average Bonchev–Trinajstić information content (AvgIpc) is 2.83. The number of ether oxygens (including phenoxy) is 1. The fourth-order valence-electron chi connectivity index (χ4n) is 2.08. The van der Waals surface area contributed by atoms with E-state index in [4.69, 9.17) is 16.3 Å². The zero-order chi connectivity index (χ0) is 13.8. The number of anilines is 1. The molecule has 1 saturated heterocycles. The number of benzene rings is 1. The van der Waals surface area contributed by atoms with Crippen molar-refractivity contribution >= 4 is 23.2 Å². The molecule has 104 valence electrons. The molecular weight excluding hydrogens is 271 g/mol. The third-order valence-electron chi connectivity index (χ3n) is 3.07. The van der Waals surface area contributed by atoms with E-state index < -0.39 is 5.82 Å². The minimum Gasteiger partial charge on any atom is -0.379 e. The second kappa shape index (κ2) is 6.32. The second-order valence-corrected chi connectivity index (χ2v) is 4.83. The number of carbonyl (C=O) groups excluding carboxylic acids is 1. The van der Waals surface area contributed by atoms with Crippen LogP contribution in [0.5, 0.6) is 0 Å². The van der Waals surface area contributed by atoms with Crippen molar-refractivity contribution in [3.05, 3.63) is 29.0 Å². The number of nitrogens with one attached hydrogen (secondary N) is 2. The van der Waals surface area contributed by atoms with E-state index in [-0.39, 0.29) is 22.9 Å². The Bertz CT molecular complexity index is 470. The van der Waals surface area contributed by atoms with E-state index in [9.17, 15) is 9.18 Å². The molecule has 2 N–H and O–H groups in total. The summed E-state index contributed by atoms with van der Waals surface area (Å²) in [5, 5.41) is 5.92. The van der Waals surface area contributed by atoms with E-state index in [1.807, 2.05) is 6.92 Å². The van der Waals surface area contributed by atoms with E-state index in [1.165, 1.54) is 12.1 Å². The molecule has 0 aromatic heterocycles. The molecule has 1 aliphatic heterocycles. The van der Waals surface area contributed by atoms with Crippen LogP contribution in [0.3, 0.4) is 0 Å². The predicted molar refractivity (Wildman–Crippen MR) is 71.8 cm³/mol. The van der Waals surface area contributed by atoms with Crippen LogP contribution in [0.4, 0.5) is 10.1 Å². The van der Waals surface area contributed by atoms with Crippen LogP contribution in [0.15, 0.2) is 18.2 Å². The van der Waals surface area contributed by atoms with Crippen molar-refractivity contribution in [3.63, 3.8) is 0 Å². The number of rotatable bonds is 4. The first-order valence-corrected chi connectivity index (χ1v) is 6.56. The quantitative estimate of drug-likeness (QED) is 0.891. The highest BCUT2D eigenvalue weighted by atomic mass is 35.5. The van der Waals surface area contributed by atoms with Gasteiger partial charge in [-0.15, -0.1) is 0 Å². The normalized spacial score (nSPS) is 22.5. The van der Waals surface area contributed by atoms with E-state index >= 15 is 0 Å². The SMILES string of the molecule is CCNC1COCC1C(=O)Nc1ccc(Cl)c(F)c1. The Hall–Kier alpha value is -1.17. The summed E-state index contributed by atoms with van der Waals surface area (Å²) in [4.78, 5) is 12.1. The van der Waals surface area contributed by atoms with Crippen LogP contribution in [-0.4, -0.2) is 31.7 Å². The van der Waals surface area contributed by atoms with Crippen molar-refractivity contribution in [1.29, 1.82) is 0 Å². The standard InChI is InChI=1S/C13H16ClFN2O2/c1-2-16-12-7-19-6-9(12)13(18)17-8-3-4-10(14)11(15)5-8/h3-5,9,12,16H,2,6-7H2,1H3,(H,17,18). The van der Waals surface area contributed by atoms with Gasteiger partial charge < -0.3 is 15.4 Å². The zero-order valence-electron chi connectivity index (χ0n) is 10.6. The molecule has 6 heteroatoms. The molecule has 1 aromatic carbocycles. The Morgan fingerprint density at radius 2 is 2.32 bits per heavy atom. The predicted octanol–water partition coefficient (Wildman–Crippen LogP) is 2.04. The molecule has 4 nitrogen and oxygen atoms in total. The van der Waals surface area contributed by atoms with Gasteiger partial charge in [0.05, 0.1) is 24.2 Å². The molecule has 2 unspecified atom stereocenters. The van der Waals surface area contributed by atoms with Crippen LogP contribution in [0.25, 0.3) is 0 Å². The summed E-state index contributed by atoms with van der Waals surface area (Å²) < 4.78 is 18.6. The summed E-state index contributed by atoms with van der Waals surface area (Å²) in [7, 11) is 0. The molecule has 0 aliphatic carbocycles. The number of halogens is 2. The molecule has 1 aliphatic rings. The molecule has 19 heavy (non-hydrogen) atoms. The van der Waals surface area contributed by atoms with Crippen LogP contribution in [0, 0.1) is 11.7 Å². The summed E-state index contributed by atoms with van der Waals surface area (Å²) in [6.45, 7) is 3.63. The minimum atomic E-state index is -0.551. The smallest absolute Gasteiger partial charge is 0.231 e. The molecule has 0 saturated carbocycles. The largest absolute Gasteiger partial charge is 0.379 e. The maximum absolute atomic E-state index is 13.3. The van der Waals surface area contributed by atoms with E-state index in [0.717, 1.165) is 6.54 Å². The van der Waals surface area contributed by atoms with E-state index in [2.05, 4.69) is 10.6 Å². The first-order valence-electron chi connectivity index (χ1n) is 6.19. The maximum atomic E-state index is 13.3. The molecule has 0 bridgehead atoms. The van der Waals surface area contributed by atoms with Crippen molar-refractivity contribution in [3.8, 4) is 0 Å². The molecule has 1 heterocycles. The monoisotopic (exact) mass is 286 g/mol. The van der Waals surface area contributed by atoms with Gasteiger partial charge in [-0.05, 0) is 24.7 Å². The number of likely N-dealkylation sites (N-methyl/N-ethyl adjacent to an activating group) is 1. The summed E-state index contributed by atoms with van der Waals surface area (Å²) in [6.07, 6.45) is 0. The van der Waals surface area contributed by atoms with Gasteiger partial charge in [-0.1, -0.05) is 18.5 Å². The Balaban J connectivity index is 2.02. The Morgan fingerprint density at radius 3 is 3.00 bits per heavy atom. The van der Waals surface area contributed by atoms with Crippen LogP contribution >= 0.6 is 11.6 Å². The molecule has 1 aromatic rings. The van der Waals surface area contributed by atoms with Gasteiger partial charge in [0, 0.05) is 11.7 Å². The number of hydrogen-bond donors (Lipinski definition) is 2. The van der Waals surface area contributed by atoms with Crippen molar-refractivity contribution < 1.29 is 13.9 Å². The van der Waals surface area contributed by atoms with Crippen molar-refractivity contribution in [2.75, 3.05) is 25.1 Å². The first kappa shape index (κ1) is 14.2. The third kappa shape index (κ3) is 3.43. The molecule has 0 spiro atoms. The molecule has 0 radical (unpaired) electrons. The molecule has 1 fully saturated rings. The van der Waals surface area contributed by atoms with E-state index in [0.29, 0.717) is 18.9 Å². The molecular formula is C13H16ClFN2O2. The topological polar surface area (TPSA) is 50.4 Å². The molecule has 1 amide bonds. The number of hydrogen-bond acceptors (Lipinski definition) is 3. The summed E-state index contributed by atoms with van der Waals surface area (Å²) in [5.41, 5.74) is 0.397. The average molecular weight is 287 g/mol. The van der Waals surface area contributed by atoms with Crippen molar-refractivity contribution in [2.24, 2.45) is 5.92 Å². The molecule has 2 atom stereocenters. The van der Waals surface area contributed by atoms with Gasteiger partial charge in [-0.2, -0.15) is 0 Å². The highest BCUT2D eigenvalue weighted by molar-refractivity contribution is 6.30. The van der Waals surface area contributed by atoms with Crippen molar-refractivity contribution in [1.82, 2.24) is 5.32 Å². The minimum absolute atomic E-state index is 0.00199. The highest BCUT2D eigenvalue weighted by Crippen LogP contribution is 2.21. The van der Waals surface area contributed by atoms with Crippen LogP contribution in [0.1, 0.15) is 6.92 Å². The Kier molecular flexibility index (Phi) is 4.74. The van der Waals surface area contributed by atoms with Crippen LogP contribution in [-0.2, 0) is 9.53 Å². The van der Waals surface area contributed by atoms with Gasteiger partial charge in [0.2, 0.25) is 5.91 Å². The number of carbonyl (C=O) groups is 1. The lowest BCUT2D eigenvalue weighted by atomic mass is 10.0. The van der Waals surface area contributed by atoms with Gasteiger partial charge in [0.15, 0.2) is 0 Å². The van der Waals surface area contributed by atoms with E-state index in [1.54, 1.807) is 6.07 Å². The van der Waals surface area contributed by atoms with Crippen LogP contribution < -0.4 is 10.6 Å². The van der Waals surface area contributed by atoms with Gasteiger partial charge in [0.1, 0.15) is 5.82 Å². The van der Waals surface area contributed by atoms with Gasteiger partial charge in [-0.3, -0.25) is 4.79 Å². The first-order chi connectivity index (χ1) is 9.11. The van der Waals surface area contributed by atoms with Crippen LogP contribution in [0.2, 0.25) is 5.02 Å². The lowest BCUT2D eigenvalue weighted by molar-refractivity contribution is -0.120. The Labute approximate surface area is 116 Å². The van der Waals surface area contributed by atoms with Gasteiger partial charge in [-0.25, -0.2) is 4.39 Å². The maximum Gasteiger partial charge on any atom is 0.231 e. The third-order valence-corrected chi connectivity index (χ3v) is 3.38. The Morgan fingerprint density at radius 1 is 1.53 bits per heavy atom. The number of amides is 1. The zero-order valence-corrected chi connectivity index (χ0v) is 11.3.